The van der Waals surface area contributed by atoms with Crippen molar-refractivity contribution in [3.05, 3.63) is 30.3 Å². The summed E-state index contributed by atoms with van der Waals surface area (Å²) in [5.74, 6) is 0.119. The number of hydrogen-bond acceptors (Lipinski definition) is 7. The highest BCUT2D eigenvalue weighted by molar-refractivity contribution is 8.01. The van der Waals surface area contributed by atoms with E-state index < -0.39 is 0 Å². The normalized spacial score (nSPS) is 14.6. The van der Waals surface area contributed by atoms with E-state index in [0.717, 1.165) is 15.2 Å². The monoisotopic (exact) mass is 387 g/mol. The summed E-state index contributed by atoms with van der Waals surface area (Å²) in [6, 6.07) is 11.8. The van der Waals surface area contributed by atoms with Crippen LogP contribution in [0.4, 0.5) is 10.8 Å². The molecule has 0 aliphatic heterocycles. The first-order chi connectivity index (χ1) is 12.8. The lowest BCUT2D eigenvalue weighted by Crippen LogP contribution is -2.32. The highest BCUT2D eigenvalue weighted by Crippen LogP contribution is 2.28. The maximum atomic E-state index is 12.5. The minimum atomic E-state index is -0.111. The molecule has 1 aliphatic carbocycles. The second-order valence-corrected chi connectivity index (χ2v) is 8.31. The predicted molar refractivity (Wildman–Crippen MR) is 106 cm³/mol. The third-order valence-electron chi connectivity index (χ3n) is 4.26. The summed E-state index contributed by atoms with van der Waals surface area (Å²) in [5, 5.41) is 21.6. The maximum Gasteiger partial charge on any atom is 0.238 e. The molecule has 0 radical (unpaired) electrons. The number of benzene rings is 1. The maximum absolute atomic E-state index is 12.5. The molecule has 2 aromatic rings. The number of carbonyl (C=O) groups excluding carboxylic acids is 1. The van der Waals surface area contributed by atoms with E-state index in [2.05, 4.69) is 21.6 Å². The molecule has 1 saturated carbocycles. The van der Waals surface area contributed by atoms with Crippen LogP contribution in [0.25, 0.3) is 0 Å². The van der Waals surface area contributed by atoms with Crippen molar-refractivity contribution in [2.45, 2.75) is 42.5 Å². The summed E-state index contributed by atoms with van der Waals surface area (Å²) >= 11 is 2.85. The largest absolute Gasteiger partial charge is 0.357 e. The molecule has 26 heavy (non-hydrogen) atoms. The van der Waals surface area contributed by atoms with Crippen LogP contribution in [0.15, 0.2) is 34.7 Å². The molecule has 1 aromatic carbocycles. The Morgan fingerprint density at radius 3 is 2.77 bits per heavy atom. The zero-order chi connectivity index (χ0) is 18.2. The molecule has 0 unspecified atom stereocenters. The SMILES string of the molecule is N#CCN(C(=O)CSc1nnc(NC2CCCCC2)s1)c1ccccc1. The Bertz CT molecular complexity index is 752. The second kappa shape index (κ2) is 9.55. The quantitative estimate of drug-likeness (QED) is 0.572. The summed E-state index contributed by atoms with van der Waals surface area (Å²) < 4.78 is 0.765. The molecule has 8 heteroatoms. The lowest BCUT2D eigenvalue weighted by molar-refractivity contribution is -0.116. The van der Waals surface area contributed by atoms with Gasteiger partial charge < -0.3 is 5.32 Å². The molecule has 0 bridgehead atoms. The van der Waals surface area contributed by atoms with Gasteiger partial charge in [0.05, 0.1) is 11.8 Å². The third-order valence-corrected chi connectivity index (χ3v) is 6.23. The fourth-order valence-electron chi connectivity index (χ4n) is 2.95. The van der Waals surface area contributed by atoms with E-state index in [0.29, 0.717) is 6.04 Å². The van der Waals surface area contributed by atoms with Crippen LogP contribution in [0.5, 0.6) is 0 Å². The van der Waals surface area contributed by atoms with Crippen LogP contribution in [0.1, 0.15) is 32.1 Å². The first kappa shape index (κ1) is 18.7. The van der Waals surface area contributed by atoms with Gasteiger partial charge in [0.15, 0.2) is 4.34 Å². The number of hydrogen-bond donors (Lipinski definition) is 1. The molecule has 1 heterocycles. The second-order valence-electron chi connectivity index (χ2n) is 6.11. The molecule has 0 spiro atoms. The Kier molecular flexibility index (Phi) is 6.86. The highest BCUT2D eigenvalue weighted by atomic mass is 32.2. The minimum Gasteiger partial charge on any atom is -0.357 e. The van der Waals surface area contributed by atoms with Gasteiger partial charge >= 0.3 is 0 Å². The predicted octanol–water partition coefficient (Wildman–Crippen LogP) is 3.93. The zero-order valence-corrected chi connectivity index (χ0v) is 16.1. The smallest absolute Gasteiger partial charge is 0.238 e. The Labute approximate surface area is 161 Å². The molecule has 0 atom stereocenters. The van der Waals surface area contributed by atoms with Crippen LogP contribution in [0.2, 0.25) is 0 Å². The van der Waals surface area contributed by atoms with Gasteiger partial charge in [-0.15, -0.1) is 10.2 Å². The molecule has 6 nitrogen and oxygen atoms in total. The summed E-state index contributed by atoms with van der Waals surface area (Å²) in [6.07, 6.45) is 6.21. The molecule has 1 amide bonds. The van der Waals surface area contributed by atoms with E-state index in [-0.39, 0.29) is 18.2 Å². The van der Waals surface area contributed by atoms with Crippen LogP contribution in [0, 0.1) is 11.3 Å². The van der Waals surface area contributed by atoms with Crippen molar-refractivity contribution < 1.29 is 4.79 Å². The van der Waals surface area contributed by atoms with Gasteiger partial charge in [-0.25, -0.2) is 0 Å². The number of rotatable bonds is 7. The Morgan fingerprint density at radius 2 is 2.04 bits per heavy atom. The van der Waals surface area contributed by atoms with Crippen molar-refractivity contribution in [3.63, 3.8) is 0 Å². The minimum absolute atomic E-state index is 0.0357. The van der Waals surface area contributed by atoms with Crippen LogP contribution in [0.3, 0.4) is 0 Å². The van der Waals surface area contributed by atoms with E-state index in [1.807, 2.05) is 30.3 Å². The lowest BCUT2D eigenvalue weighted by atomic mass is 9.96. The highest BCUT2D eigenvalue weighted by Gasteiger charge is 2.18. The number of aromatic nitrogens is 2. The van der Waals surface area contributed by atoms with Crippen molar-refractivity contribution in [2.75, 3.05) is 22.5 Å². The van der Waals surface area contributed by atoms with Crippen molar-refractivity contribution in [1.29, 1.82) is 5.26 Å². The van der Waals surface area contributed by atoms with Crippen molar-refractivity contribution in [2.24, 2.45) is 0 Å². The first-order valence-electron chi connectivity index (χ1n) is 8.71. The molecular formula is C18H21N5OS2. The van der Waals surface area contributed by atoms with E-state index in [1.54, 1.807) is 0 Å². The molecule has 0 saturated heterocycles. The van der Waals surface area contributed by atoms with Crippen LogP contribution in [-0.4, -0.2) is 34.4 Å². The average Bonchev–Trinajstić information content (AvgIpc) is 3.13. The van der Waals surface area contributed by atoms with Crippen molar-refractivity contribution >= 4 is 39.8 Å². The van der Waals surface area contributed by atoms with Gasteiger partial charge in [0, 0.05) is 11.7 Å². The van der Waals surface area contributed by atoms with Crippen molar-refractivity contribution in [3.8, 4) is 6.07 Å². The Morgan fingerprint density at radius 1 is 1.27 bits per heavy atom. The molecular weight excluding hydrogens is 366 g/mol. The summed E-state index contributed by atoms with van der Waals surface area (Å²) in [7, 11) is 0. The number of nitriles is 1. The van der Waals surface area contributed by atoms with Gasteiger partial charge in [0.2, 0.25) is 11.0 Å². The number of anilines is 2. The fraction of sp³-hybridized carbons (Fsp3) is 0.444. The average molecular weight is 388 g/mol. The number of nitrogens with one attached hydrogen (secondary N) is 1. The van der Waals surface area contributed by atoms with E-state index in [4.69, 9.17) is 5.26 Å². The van der Waals surface area contributed by atoms with Gasteiger partial charge in [-0.05, 0) is 25.0 Å². The van der Waals surface area contributed by atoms with Gasteiger partial charge in [0.25, 0.3) is 0 Å². The molecule has 1 aliphatic rings. The van der Waals surface area contributed by atoms with Crippen molar-refractivity contribution in [1.82, 2.24) is 10.2 Å². The number of thioether (sulfide) groups is 1. The standard InChI is InChI=1S/C18H21N5OS2/c19-11-12-23(15-9-5-2-6-10-15)16(24)13-25-18-22-21-17(26-18)20-14-7-3-1-4-8-14/h2,5-6,9-10,14H,1,3-4,7-8,12-13H2,(H,20,21). The third kappa shape index (κ3) is 5.19. The van der Waals surface area contributed by atoms with Gasteiger partial charge in [0.1, 0.15) is 6.54 Å². The fourth-order valence-corrected chi connectivity index (χ4v) is 4.66. The van der Waals surface area contributed by atoms with E-state index >= 15 is 0 Å². The molecule has 136 valence electrons. The number of carbonyl (C=O) groups is 1. The lowest BCUT2D eigenvalue weighted by Gasteiger charge is -2.21. The topological polar surface area (TPSA) is 81.9 Å². The summed E-state index contributed by atoms with van der Waals surface area (Å²) in [4.78, 5) is 14.0. The summed E-state index contributed by atoms with van der Waals surface area (Å²) in [5.41, 5.74) is 0.733. The molecule has 1 fully saturated rings. The van der Waals surface area contributed by atoms with Gasteiger partial charge in [-0.2, -0.15) is 5.26 Å². The molecule has 1 aromatic heterocycles. The van der Waals surface area contributed by atoms with E-state index in [1.165, 1.54) is 60.1 Å². The first-order valence-corrected chi connectivity index (χ1v) is 10.5. The van der Waals surface area contributed by atoms with Crippen LogP contribution < -0.4 is 10.2 Å². The summed E-state index contributed by atoms with van der Waals surface area (Å²) in [6.45, 7) is 0.0357. The van der Waals surface area contributed by atoms with Gasteiger partial charge in [-0.3, -0.25) is 9.69 Å². The molecule has 1 N–H and O–H groups in total. The number of para-hydroxylation sites is 1. The number of nitrogens with zero attached hydrogens (tertiary/aromatic N) is 4. The van der Waals surface area contributed by atoms with Gasteiger partial charge in [-0.1, -0.05) is 60.6 Å². The van der Waals surface area contributed by atoms with Crippen LogP contribution >= 0.6 is 23.1 Å². The van der Waals surface area contributed by atoms with Crippen LogP contribution in [-0.2, 0) is 4.79 Å². The zero-order valence-electron chi connectivity index (χ0n) is 14.4. The Balaban J connectivity index is 1.54. The molecule has 3 rings (SSSR count). The number of amides is 1. The van der Waals surface area contributed by atoms with E-state index in [9.17, 15) is 4.79 Å². The Hall–Kier alpha value is -2.11.